The summed E-state index contributed by atoms with van der Waals surface area (Å²) in [6, 6.07) is 18.0. The number of nitrogens with one attached hydrogen (secondary N) is 4. The number of anilines is 1. The first-order valence-electron chi connectivity index (χ1n) is 21.9. The summed E-state index contributed by atoms with van der Waals surface area (Å²) in [5, 5.41) is 5.65. The van der Waals surface area contributed by atoms with Gasteiger partial charge in [-0.25, -0.2) is 23.5 Å². The predicted octanol–water partition coefficient (Wildman–Crippen LogP) is 6.39. The maximum absolute atomic E-state index is 16.0. The van der Waals surface area contributed by atoms with Gasteiger partial charge in [0.1, 0.15) is 47.1 Å². The van der Waals surface area contributed by atoms with Crippen LogP contribution >= 0.6 is 0 Å². The molecule has 4 unspecified atom stereocenters. The van der Waals surface area contributed by atoms with Gasteiger partial charge in [0.15, 0.2) is 0 Å². The van der Waals surface area contributed by atoms with Crippen LogP contribution in [0.2, 0.25) is 0 Å². The second-order valence-corrected chi connectivity index (χ2v) is 16.9. The van der Waals surface area contributed by atoms with Crippen LogP contribution in [0.3, 0.4) is 0 Å². The van der Waals surface area contributed by atoms with Gasteiger partial charge in [-0.1, -0.05) is 60.7 Å². The molecule has 3 aliphatic heterocycles. The zero-order chi connectivity index (χ0) is 44.3. The van der Waals surface area contributed by atoms with Gasteiger partial charge in [-0.15, -0.1) is 0 Å². The minimum absolute atomic E-state index is 0.0381. The molecule has 4 amide bonds. The number of carbonyl (C=O) groups excluding carboxylic acids is 4. The van der Waals surface area contributed by atoms with Gasteiger partial charge >= 0.3 is 6.09 Å². The van der Waals surface area contributed by atoms with Crippen LogP contribution in [-0.4, -0.2) is 100 Å². The molecule has 17 heteroatoms. The number of H-pyrrole nitrogens is 2. The lowest BCUT2D eigenvalue weighted by Crippen LogP contribution is -2.49. The minimum Gasteiger partial charge on any atom is -0.453 e. The van der Waals surface area contributed by atoms with Crippen molar-refractivity contribution in [2.24, 2.45) is 5.92 Å². The second-order valence-electron chi connectivity index (χ2n) is 16.9. The van der Waals surface area contributed by atoms with E-state index >= 15 is 8.78 Å². The molecular weight excluding hydrogens is 825 g/mol. The highest BCUT2D eigenvalue weighted by Gasteiger charge is 2.40. The third kappa shape index (κ3) is 8.94. The quantitative estimate of drug-likeness (QED) is 0.111. The lowest BCUT2D eigenvalue weighted by Gasteiger charge is -2.37. The monoisotopic (exact) mass is 875 g/mol. The molecule has 0 spiro atoms. The van der Waals surface area contributed by atoms with Crippen LogP contribution in [0, 0.1) is 17.6 Å². The smallest absolute Gasteiger partial charge is 0.407 e. The summed E-state index contributed by atoms with van der Waals surface area (Å²) in [5.41, 5.74) is 2.78. The van der Waals surface area contributed by atoms with Gasteiger partial charge in [0.2, 0.25) is 5.91 Å². The first kappa shape index (κ1) is 42.7. The van der Waals surface area contributed by atoms with E-state index in [4.69, 9.17) is 14.5 Å². The van der Waals surface area contributed by atoms with Gasteiger partial charge in [0.05, 0.1) is 38.3 Å². The highest BCUT2D eigenvalue weighted by Crippen LogP contribution is 2.38. The van der Waals surface area contributed by atoms with Gasteiger partial charge in [0, 0.05) is 55.5 Å². The number of hydrogen-bond donors (Lipinski definition) is 4. The molecule has 1 saturated carbocycles. The summed E-state index contributed by atoms with van der Waals surface area (Å²) in [6.07, 6.45) is 6.72. The summed E-state index contributed by atoms with van der Waals surface area (Å²) in [5.74, 6) is -1.02. The van der Waals surface area contributed by atoms with E-state index < -0.39 is 41.9 Å². The van der Waals surface area contributed by atoms with Crippen LogP contribution in [0.4, 0.5) is 19.3 Å². The van der Waals surface area contributed by atoms with Crippen molar-refractivity contribution >= 4 is 29.5 Å². The number of carbonyl (C=O) groups is 4. The van der Waals surface area contributed by atoms with Crippen molar-refractivity contribution in [3.8, 4) is 11.3 Å². The number of rotatable bonds is 12. The number of halogens is 2. The molecule has 3 saturated heterocycles. The molecule has 4 aliphatic rings. The molecule has 9 rings (SSSR count). The molecular formula is C47H51F2N9O6. The molecule has 3 aromatic carbocycles. The molecule has 4 N–H and O–H groups in total. The van der Waals surface area contributed by atoms with E-state index in [0.29, 0.717) is 86.9 Å². The topological polar surface area (TPSA) is 178 Å². The number of alkyl carbamates (subject to hydrolysis) is 1. The largest absolute Gasteiger partial charge is 0.453 e. The van der Waals surface area contributed by atoms with Crippen molar-refractivity contribution in [1.82, 2.24) is 40.4 Å². The van der Waals surface area contributed by atoms with Gasteiger partial charge in [0.25, 0.3) is 11.8 Å². The first-order valence-corrected chi connectivity index (χ1v) is 21.9. The van der Waals surface area contributed by atoms with E-state index in [1.54, 1.807) is 45.2 Å². The number of hydrogen-bond acceptors (Lipinski definition) is 9. The Kier molecular flexibility index (Phi) is 12.4. The maximum Gasteiger partial charge on any atom is 0.407 e. The number of aromatic nitrogens is 4. The van der Waals surface area contributed by atoms with Crippen molar-refractivity contribution in [2.45, 2.75) is 68.6 Å². The van der Waals surface area contributed by atoms with Crippen molar-refractivity contribution in [1.29, 1.82) is 0 Å². The van der Waals surface area contributed by atoms with E-state index in [1.807, 2.05) is 36.4 Å². The number of ether oxygens (including phenoxy) is 2. The highest BCUT2D eigenvalue weighted by molar-refractivity contribution is 5.90. The summed E-state index contributed by atoms with van der Waals surface area (Å²) in [7, 11) is 1.24. The lowest BCUT2D eigenvalue weighted by atomic mass is 9.93. The fourth-order valence-corrected chi connectivity index (χ4v) is 9.21. The maximum atomic E-state index is 16.0. The van der Waals surface area contributed by atoms with Gasteiger partial charge in [-0.2, -0.15) is 0 Å². The number of benzene rings is 3. The van der Waals surface area contributed by atoms with Gasteiger partial charge < -0.3 is 44.8 Å². The SMILES string of the molecule is COC(=O)NC(C(=O)N1CCCC1c1ncc(-c2cc(F)c(N3CCC(c4cnc(C5COCCN5C(=O)C(NC(=O)C5CC5)c5ccccc5)[nH]4)CC3)c(F)c2)[nH]1)c1ccccc1. The fourth-order valence-electron chi connectivity index (χ4n) is 9.21. The van der Waals surface area contributed by atoms with Gasteiger partial charge in [-0.05, 0) is 61.8 Å². The Labute approximate surface area is 368 Å². The molecule has 0 radical (unpaired) electrons. The van der Waals surface area contributed by atoms with E-state index in [0.717, 1.165) is 18.5 Å². The average Bonchev–Trinajstić information content (AvgIpc) is 3.63. The zero-order valence-electron chi connectivity index (χ0n) is 35.5. The van der Waals surface area contributed by atoms with E-state index in [-0.39, 0.29) is 47.4 Å². The Morgan fingerprint density at radius 1 is 0.750 bits per heavy atom. The van der Waals surface area contributed by atoms with Crippen molar-refractivity contribution in [2.75, 3.05) is 51.4 Å². The molecule has 5 heterocycles. The van der Waals surface area contributed by atoms with Crippen LogP contribution in [0.5, 0.6) is 0 Å². The molecule has 4 fully saturated rings. The van der Waals surface area contributed by atoms with Crippen LogP contribution in [0.1, 0.15) is 97.1 Å². The molecule has 4 atom stereocenters. The van der Waals surface area contributed by atoms with Gasteiger partial charge in [-0.3, -0.25) is 14.4 Å². The first-order chi connectivity index (χ1) is 31.2. The molecule has 5 aromatic rings. The highest BCUT2D eigenvalue weighted by atomic mass is 19.1. The van der Waals surface area contributed by atoms with Crippen LogP contribution in [0.15, 0.2) is 85.2 Å². The predicted molar refractivity (Wildman–Crippen MR) is 230 cm³/mol. The minimum atomic E-state index is -0.978. The second kappa shape index (κ2) is 18.6. The third-order valence-corrected chi connectivity index (χ3v) is 12.8. The van der Waals surface area contributed by atoms with Crippen molar-refractivity contribution in [3.63, 3.8) is 0 Å². The van der Waals surface area contributed by atoms with E-state index in [9.17, 15) is 19.2 Å². The van der Waals surface area contributed by atoms with Crippen LogP contribution in [0.25, 0.3) is 11.3 Å². The number of aromatic amines is 2. The molecule has 334 valence electrons. The number of methoxy groups -OCH3 is 1. The van der Waals surface area contributed by atoms with Crippen LogP contribution in [-0.2, 0) is 23.9 Å². The third-order valence-electron chi connectivity index (χ3n) is 12.8. The lowest BCUT2D eigenvalue weighted by molar-refractivity contribution is -0.145. The van der Waals surface area contributed by atoms with Crippen molar-refractivity contribution < 1.29 is 37.4 Å². The Hall–Kier alpha value is -6.62. The molecule has 0 bridgehead atoms. The molecule has 2 aromatic heterocycles. The Morgan fingerprint density at radius 2 is 1.36 bits per heavy atom. The number of amides is 4. The zero-order valence-corrected chi connectivity index (χ0v) is 35.5. The summed E-state index contributed by atoms with van der Waals surface area (Å²) in [4.78, 5) is 74.2. The standard InChI is InChI=1S/C47H51F2N9O6/c1-63-47(62)55-40(30-11-6-3-7-12-30)46(61)57-18-8-13-37(57)42-50-26-36(53-42)32-23-33(48)41(34(49)24-32)56-19-16-28(17-20-56)35-25-51-43(52-35)38-27-64-22-21-58(38)45(60)39(29-9-4-2-5-10-29)54-44(59)31-14-15-31/h2-7,9-12,23-26,28,31,37-40H,8,13-22,27H2,1H3,(H,50,53)(H,51,52)(H,54,59)(H,55,62). The number of morpholine rings is 1. The molecule has 15 nitrogen and oxygen atoms in total. The van der Waals surface area contributed by atoms with E-state index in [1.165, 1.54) is 25.4 Å². The Balaban J connectivity index is 0.849. The summed E-state index contributed by atoms with van der Waals surface area (Å²) < 4.78 is 42.5. The molecule has 1 aliphatic carbocycles. The summed E-state index contributed by atoms with van der Waals surface area (Å²) >= 11 is 0. The number of imidazole rings is 2. The van der Waals surface area contributed by atoms with E-state index in [2.05, 4.69) is 25.6 Å². The van der Waals surface area contributed by atoms with Crippen LogP contribution < -0.4 is 15.5 Å². The van der Waals surface area contributed by atoms with Crippen molar-refractivity contribution in [3.05, 3.63) is 125 Å². The molecule has 64 heavy (non-hydrogen) atoms. The normalized spacial score (nSPS) is 20.1. The number of piperidine rings is 1. The Morgan fingerprint density at radius 3 is 2.00 bits per heavy atom. The number of likely N-dealkylation sites (tertiary alicyclic amines) is 1. The number of nitrogens with zero attached hydrogens (tertiary/aromatic N) is 5. The average molecular weight is 876 g/mol. The fraction of sp³-hybridized carbons (Fsp3) is 0.404. The summed E-state index contributed by atoms with van der Waals surface area (Å²) in [6.45, 7) is 2.18. The Bertz CT molecular complexity index is 2450.